The molecule has 0 aliphatic carbocycles. The van der Waals surface area contributed by atoms with Gasteiger partial charge < -0.3 is 4.74 Å². The topological polar surface area (TPSA) is 30.3 Å². The summed E-state index contributed by atoms with van der Waals surface area (Å²) >= 11 is 5.25. The van der Waals surface area contributed by atoms with Crippen molar-refractivity contribution < 1.29 is 4.74 Å². The van der Waals surface area contributed by atoms with E-state index in [1.54, 1.807) is 11.3 Å². The van der Waals surface area contributed by atoms with Gasteiger partial charge in [-0.2, -0.15) is 5.10 Å². The molecule has 1 aliphatic rings. The Balaban J connectivity index is 1.55. The Kier molecular flexibility index (Phi) is 4.32. The number of rotatable bonds is 4. The lowest BCUT2D eigenvalue weighted by Crippen LogP contribution is -2.43. The Hall–Kier alpha value is -0.690. The second kappa shape index (κ2) is 6.17. The van der Waals surface area contributed by atoms with Crippen molar-refractivity contribution in [1.82, 2.24) is 14.7 Å². The molecule has 2 aromatic rings. The van der Waals surface area contributed by atoms with Crippen LogP contribution < -0.4 is 0 Å². The van der Waals surface area contributed by atoms with Gasteiger partial charge in [0, 0.05) is 32.0 Å². The maximum absolute atomic E-state index is 5.82. The predicted octanol–water partition coefficient (Wildman–Crippen LogP) is 2.61. The van der Waals surface area contributed by atoms with Crippen LogP contribution in [0.3, 0.4) is 0 Å². The highest BCUT2D eigenvalue weighted by Crippen LogP contribution is 2.22. The molecule has 102 valence electrons. The highest BCUT2D eigenvalue weighted by atomic mass is 79.9. The molecule has 3 rings (SSSR count). The third kappa shape index (κ3) is 3.66. The third-order valence-electron chi connectivity index (χ3n) is 3.20. The number of halogens is 1. The van der Waals surface area contributed by atoms with Crippen molar-refractivity contribution in [2.24, 2.45) is 0 Å². The minimum absolute atomic E-state index is 0.232. The Labute approximate surface area is 125 Å². The number of aromatic nitrogens is 2. The van der Waals surface area contributed by atoms with E-state index in [1.165, 1.54) is 9.35 Å². The van der Waals surface area contributed by atoms with Gasteiger partial charge in [-0.15, -0.1) is 11.3 Å². The van der Waals surface area contributed by atoms with E-state index in [9.17, 15) is 0 Å². The lowest BCUT2D eigenvalue weighted by molar-refractivity contribution is -0.0401. The van der Waals surface area contributed by atoms with E-state index in [-0.39, 0.29) is 6.10 Å². The summed E-state index contributed by atoms with van der Waals surface area (Å²) in [5.74, 6) is 0. The molecule has 19 heavy (non-hydrogen) atoms. The van der Waals surface area contributed by atoms with Crippen LogP contribution in [0.4, 0.5) is 0 Å². The Morgan fingerprint density at radius 2 is 2.47 bits per heavy atom. The number of hydrogen-bond acceptors (Lipinski definition) is 4. The molecule has 1 atom stereocenters. The van der Waals surface area contributed by atoms with Gasteiger partial charge in [0.25, 0.3) is 0 Å². The molecule has 0 radical (unpaired) electrons. The van der Waals surface area contributed by atoms with E-state index < -0.39 is 0 Å². The molecule has 4 nitrogen and oxygen atoms in total. The average molecular weight is 342 g/mol. The van der Waals surface area contributed by atoms with Crippen molar-refractivity contribution >= 4 is 27.3 Å². The summed E-state index contributed by atoms with van der Waals surface area (Å²) in [6, 6.07) is 4.14. The molecule has 3 heterocycles. The minimum atomic E-state index is 0.232. The van der Waals surface area contributed by atoms with E-state index in [0.717, 1.165) is 32.8 Å². The highest BCUT2D eigenvalue weighted by molar-refractivity contribution is 9.11. The Morgan fingerprint density at radius 1 is 1.53 bits per heavy atom. The fourth-order valence-electron chi connectivity index (χ4n) is 2.34. The zero-order valence-electron chi connectivity index (χ0n) is 10.5. The molecular weight excluding hydrogens is 326 g/mol. The van der Waals surface area contributed by atoms with Gasteiger partial charge in [0.2, 0.25) is 0 Å². The van der Waals surface area contributed by atoms with Crippen LogP contribution in [0.5, 0.6) is 0 Å². The van der Waals surface area contributed by atoms with E-state index in [1.807, 2.05) is 23.1 Å². The fourth-order valence-corrected chi connectivity index (χ4v) is 3.54. The lowest BCUT2D eigenvalue weighted by Gasteiger charge is -2.32. The summed E-state index contributed by atoms with van der Waals surface area (Å²) in [6.45, 7) is 4.60. The second-order valence-corrected chi connectivity index (χ2v) is 7.01. The quantitative estimate of drug-likeness (QED) is 0.856. The van der Waals surface area contributed by atoms with Gasteiger partial charge in [0.15, 0.2) is 0 Å². The average Bonchev–Trinajstić information content (AvgIpc) is 3.02. The number of nitrogens with zero attached hydrogens (tertiary/aromatic N) is 3. The van der Waals surface area contributed by atoms with Gasteiger partial charge in [0.05, 0.1) is 23.0 Å². The van der Waals surface area contributed by atoms with Crippen LogP contribution in [0.1, 0.15) is 5.56 Å². The first kappa shape index (κ1) is 13.3. The van der Waals surface area contributed by atoms with Crippen LogP contribution in [0.25, 0.3) is 0 Å². The Bertz CT molecular complexity index is 514. The van der Waals surface area contributed by atoms with Gasteiger partial charge in [-0.25, -0.2) is 0 Å². The molecule has 0 amide bonds. The van der Waals surface area contributed by atoms with Gasteiger partial charge >= 0.3 is 0 Å². The van der Waals surface area contributed by atoms with Crippen LogP contribution in [-0.2, 0) is 17.8 Å². The van der Waals surface area contributed by atoms with Crippen molar-refractivity contribution in [3.8, 4) is 0 Å². The van der Waals surface area contributed by atoms with Gasteiger partial charge in [-0.3, -0.25) is 9.58 Å². The third-order valence-corrected chi connectivity index (χ3v) is 4.75. The molecule has 1 saturated heterocycles. The molecule has 1 fully saturated rings. The molecule has 0 aromatic carbocycles. The van der Waals surface area contributed by atoms with Crippen LogP contribution in [0.15, 0.2) is 33.7 Å². The van der Waals surface area contributed by atoms with Crippen molar-refractivity contribution in [1.29, 1.82) is 0 Å². The molecule has 6 heteroatoms. The smallest absolute Gasteiger partial charge is 0.0898 e. The summed E-state index contributed by atoms with van der Waals surface area (Å²) in [7, 11) is 0. The van der Waals surface area contributed by atoms with Crippen molar-refractivity contribution in [2.75, 3.05) is 19.7 Å². The number of hydrogen-bond donors (Lipinski definition) is 0. The summed E-state index contributed by atoms with van der Waals surface area (Å²) in [4.78, 5) is 2.45. The molecule has 2 aromatic heterocycles. The maximum atomic E-state index is 5.82. The van der Waals surface area contributed by atoms with E-state index in [0.29, 0.717) is 0 Å². The summed E-state index contributed by atoms with van der Waals surface area (Å²) in [5.41, 5.74) is 1.37. The monoisotopic (exact) mass is 341 g/mol. The summed E-state index contributed by atoms with van der Waals surface area (Å²) in [6.07, 6.45) is 4.03. The van der Waals surface area contributed by atoms with Crippen molar-refractivity contribution in [2.45, 2.75) is 19.2 Å². The molecule has 0 spiro atoms. The van der Waals surface area contributed by atoms with Crippen LogP contribution in [-0.4, -0.2) is 40.5 Å². The Morgan fingerprint density at radius 3 is 3.21 bits per heavy atom. The first-order valence-corrected chi connectivity index (χ1v) is 8.01. The summed E-state index contributed by atoms with van der Waals surface area (Å²) < 4.78 is 8.95. The minimum Gasteiger partial charge on any atom is -0.374 e. The van der Waals surface area contributed by atoms with Crippen LogP contribution >= 0.6 is 27.3 Å². The molecule has 1 unspecified atom stereocenters. The van der Waals surface area contributed by atoms with E-state index >= 15 is 0 Å². The number of thiophene rings is 1. The SMILES string of the molecule is Brc1cc(CN2CCOC(Cn3cccn3)C2)cs1. The first-order valence-electron chi connectivity index (χ1n) is 6.34. The lowest BCUT2D eigenvalue weighted by atomic mass is 10.2. The summed E-state index contributed by atoms with van der Waals surface area (Å²) in [5, 5.41) is 6.45. The second-order valence-electron chi connectivity index (χ2n) is 4.72. The number of ether oxygens (including phenoxy) is 1. The van der Waals surface area contributed by atoms with Crippen molar-refractivity contribution in [3.05, 3.63) is 39.3 Å². The normalized spacial score (nSPS) is 20.8. The fraction of sp³-hybridized carbons (Fsp3) is 0.462. The first-order chi connectivity index (χ1) is 9.29. The highest BCUT2D eigenvalue weighted by Gasteiger charge is 2.21. The zero-order valence-corrected chi connectivity index (χ0v) is 12.9. The van der Waals surface area contributed by atoms with Gasteiger partial charge in [0.1, 0.15) is 0 Å². The standard InChI is InChI=1S/C13H16BrN3OS/c14-13-6-11(10-19-13)7-16-4-5-18-12(8-16)9-17-3-1-2-15-17/h1-3,6,10,12H,4-5,7-9H2. The van der Waals surface area contributed by atoms with Crippen LogP contribution in [0.2, 0.25) is 0 Å². The van der Waals surface area contributed by atoms with E-state index in [2.05, 4.69) is 37.4 Å². The predicted molar refractivity (Wildman–Crippen MR) is 79.3 cm³/mol. The largest absolute Gasteiger partial charge is 0.374 e. The molecule has 0 N–H and O–H groups in total. The zero-order chi connectivity index (χ0) is 13.1. The van der Waals surface area contributed by atoms with E-state index in [4.69, 9.17) is 4.74 Å². The molecule has 0 saturated carbocycles. The molecule has 0 bridgehead atoms. The van der Waals surface area contributed by atoms with Crippen molar-refractivity contribution in [3.63, 3.8) is 0 Å². The number of morpholine rings is 1. The maximum Gasteiger partial charge on any atom is 0.0898 e. The van der Waals surface area contributed by atoms with Gasteiger partial charge in [-0.05, 0) is 39.0 Å². The molecular formula is C13H16BrN3OS. The molecule has 1 aliphatic heterocycles. The van der Waals surface area contributed by atoms with Gasteiger partial charge in [-0.1, -0.05) is 0 Å². The van der Waals surface area contributed by atoms with Crippen LogP contribution in [0, 0.1) is 0 Å².